The highest BCUT2D eigenvalue weighted by Crippen LogP contribution is 2.20. The standard InChI is InChI=1S/C19H23N5O3/c1-3-27-19(26)24-11-9-23(10-12-24)18(25)16-13-21-17(14-20-16)22(2)15-7-5-4-6-8-15/h4-8,13-14H,3,9-12H2,1-2H3. The molecule has 0 radical (unpaired) electrons. The van der Waals surface area contributed by atoms with Gasteiger partial charge in [0.15, 0.2) is 5.82 Å². The van der Waals surface area contributed by atoms with Gasteiger partial charge in [-0.2, -0.15) is 0 Å². The first-order valence-corrected chi connectivity index (χ1v) is 8.92. The first kappa shape index (κ1) is 18.6. The Morgan fingerprint density at radius 3 is 2.30 bits per heavy atom. The molecule has 0 N–H and O–H groups in total. The highest BCUT2D eigenvalue weighted by atomic mass is 16.6. The molecule has 27 heavy (non-hydrogen) atoms. The van der Waals surface area contributed by atoms with Gasteiger partial charge in [-0.15, -0.1) is 0 Å². The highest BCUT2D eigenvalue weighted by Gasteiger charge is 2.26. The molecule has 1 aromatic carbocycles. The van der Waals surface area contributed by atoms with Crippen molar-refractivity contribution >= 4 is 23.5 Å². The second-order valence-corrected chi connectivity index (χ2v) is 6.13. The minimum Gasteiger partial charge on any atom is -0.450 e. The van der Waals surface area contributed by atoms with Gasteiger partial charge in [0.2, 0.25) is 0 Å². The molecule has 142 valence electrons. The van der Waals surface area contributed by atoms with E-state index in [1.165, 1.54) is 6.20 Å². The average Bonchev–Trinajstić information content (AvgIpc) is 2.74. The lowest BCUT2D eigenvalue weighted by molar-refractivity contribution is 0.0565. The molecule has 3 rings (SSSR count). The Hall–Kier alpha value is -3.16. The largest absolute Gasteiger partial charge is 0.450 e. The van der Waals surface area contributed by atoms with Crippen LogP contribution in [-0.2, 0) is 4.74 Å². The average molecular weight is 369 g/mol. The van der Waals surface area contributed by atoms with Crippen LogP contribution in [0.25, 0.3) is 0 Å². The fourth-order valence-electron chi connectivity index (χ4n) is 2.86. The fraction of sp³-hybridized carbons (Fsp3) is 0.368. The number of ether oxygens (including phenoxy) is 1. The van der Waals surface area contributed by atoms with E-state index in [0.29, 0.717) is 44.3 Å². The van der Waals surface area contributed by atoms with Gasteiger partial charge < -0.3 is 19.4 Å². The lowest BCUT2D eigenvalue weighted by Crippen LogP contribution is -2.50. The van der Waals surface area contributed by atoms with Gasteiger partial charge in [0.1, 0.15) is 5.69 Å². The molecule has 0 atom stereocenters. The summed E-state index contributed by atoms with van der Waals surface area (Å²) in [5, 5.41) is 0. The van der Waals surface area contributed by atoms with Crippen LogP contribution in [0.4, 0.5) is 16.3 Å². The van der Waals surface area contributed by atoms with Crippen LogP contribution < -0.4 is 4.90 Å². The van der Waals surface area contributed by atoms with E-state index >= 15 is 0 Å². The summed E-state index contributed by atoms with van der Waals surface area (Å²) < 4.78 is 4.99. The molecule has 1 saturated heterocycles. The lowest BCUT2D eigenvalue weighted by Gasteiger charge is -2.33. The highest BCUT2D eigenvalue weighted by molar-refractivity contribution is 5.92. The number of para-hydroxylation sites is 1. The minimum absolute atomic E-state index is 0.181. The van der Waals surface area contributed by atoms with Crippen LogP contribution in [0.2, 0.25) is 0 Å². The SMILES string of the molecule is CCOC(=O)N1CCN(C(=O)c2cnc(N(C)c3ccccc3)cn2)CC1. The summed E-state index contributed by atoms with van der Waals surface area (Å²) in [6, 6.07) is 9.81. The fourth-order valence-corrected chi connectivity index (χ4v) is 2.86. The van der Waals surface area contributed by atoms with Gasteiger partial charge in [-0.3, -0.25) is 4.79 Å². The van der Waals surface area contributed by atoms with Gasteiger partial charge >= 0.3 is 6.09 Å². The molecule has 0 spiro atoms. The molecular weight excluding hydrogens is 346 g/mol. The zero-order valence-corrected chi connectivity index (χ0v) is 15.5. The first-order chi connectivity index (χ1) is 13.1. The Morgan fingerprint density at radius 2 is 1.70 bits per heavy atom. The molecule has 2 heterocycles. The molecule has 0 bridgehead atoms. The van der Waals surface area contributed by atoms with Crippen LogP contribution in [0.3, 0.4) is 0 Å². The van der Waals surface area contributed by atoms with Crippen LogP contribution in [-0.4, -0.2) is 71.6 Å². The van der Waals surface area contributed by atoms with Crippen molar-refractivity contribution in [2.75, 3.05) is 44.7 Å². The van der Waals surface area contributed by atoms with Gasteiger partial charge in [0.05, 0.1) is 19.0 Å². The van der Waals surface area contributed by atoms with E-state index in [4.69, 9.17) is 4.74 Å². The smallest absolute Gasteiger partial charge is 0.409 e. The van der Waals surface area contributed by atoms with Crippen molar-refractivity contribution in [3.05, 3.63) is 48.4 Å². The molecule has 1 aliphatic heterocycles. The number of nitrogens with zero attached hydrogens (tertiary/aromatic N) is 5. The molecule has 2 amide bonds. The molecule has 8 nitrogen and oxygen atoms in total. The van der Waals surface area contributed by atoms with Crippen molar-refractivity contribution in [3.63, 3.8) is 0 Å². The molecule has 1 aliphatic rings. The quantitative estimate of drug-likeness (QED) is 0.822. The van der Waals surface area contributed by atoms with E-state index in [1.54, 1.807) is 22.9 Å². The second-order valence-electron chi connectivity index (χ2n) is 6.13. The number of aromatic nitrogens is 2. The van der Waals surface area contributed by atoms with Crippen molar-refractivity contribution in [2.45, 2.75) is 6.92 Å². The van der Waals surface area contributed by atoms with E-state index in [-0.39, 0.29) is 12.0 Å². The van der Waals surface area contributed by atoms with Gasteiger partial charge in [0, 0.05) is 38.9 Å². The Kier molecular flexibility index (Phi) is 5.85. The maximum Gasteiger partial charge on any atom is 0.409 e. The summed E-state index contributed by atoms with van der Waals surface area (Å²) in [6.45, 7) is 3.92. The van der Waals surface area contributed by atoms with Gasteiger partial charge in [-0.05, 0) is 19.1 Å². The predicted octanol–water partition coefficient (Wildman–Crippen LogP) is 2.16. The number of piperazine rings is 1. The first-order valence-electron chi connectivity index (χ1n) is 8.92. The van der Waals surface area contributed by atoms with Crippen molar-refractivity contribution in [1.82, 2.24) is 19.8 Å². The third-order valence-electron chi connectivity index (χ3n) is 4.44. The topological polar surface area (TPSA) is 78.9 Å². The van der Waals surface area contributed by atoms with Crippen molar-refractivity contribution in [3.8, 4) is 0 Å². The summed E-state index contributed by atoms with van der Waals surface area (Å²) in [5.74, 6) is 0.477. The number of carbonyl (C=O) groups excluding carboxylic acids is 2. The van der Waals surface area contributed by atoms with E-state index in [9.17, 15) is 9.59 Å². The molecule has 0 unspecified atom stereocenters. The Bertz CT molecular complexity index is 774. The maximum atomic E-state index is 12.6. The van der Waals surface area contributed by atoms with Gasteiger partial charge in [-0.1, -0.05) is 18.2 Å². The lowest BCUT2D eigenvalue weighted by atomic mass is 10.3. The summed E-state index contributed by atoms with van der Waals surface area (Å²) in [7, 11) is 1.90. The van der Waals surface area contributed by atoms with Crippen molar-refractivity contribution in [1.29, 1.82) is 0 Å². The van der Waals surface area contributed by atoms with Gasteiger partial charge in [-0.25, -0.2) is 14.8 Å². The summed E-state index contributed by atoms with van der Waals surface area (Å²) in [4.78, 5) is 38.2. The third kappa shape index (κ3) is 4.33. The monoisotopic (exact) mass is 369 g/mol. The van der Waals surface area contributed by atoms with E-state index in [0.717, 1.165) is 5.69 Å². The van der Waals surface area contributed by atoms with E-state index in [2.05, 4.69) is 9.97 Å². The van der Waals surface area contributed by atoms with Crippen molar-refractivity contribution < 1.29 is 14.3 Å². The van der Waals surface area contributed by atoms with Crippen LogP contribution >= 0.6 is 0 Å². The minimum atomic E-state index is -0.335. The number of hydrogen-bond acceptors (Lipinski definition) is 6. The molecule has 0 aliphatic carbocycles. The summed E-state index contributed by atoms with van der Waals surface area (Å²) >= 11 is 0. The molecule has 2 aromatic rings. The molecular formula is C19H23N5O3. The molecule has 1 fully saturated rings. The Morgan fingerprint density at radius 1 is 1.04 bits per heavy atom. The summed E-state index contributed by atoms with van der Waals surface area (Å²) in [5.41, 5.74) is 1.28. The van der Waals surface area contributed by atoms with Crippen LogP contribution in [0.15, 0.2) is 42.7 Å². The number of benzene rings is 1. The Balaban J connectivity index is 1.61. The van der Waals surface area contributed by atoms with Crippen LogP contribution in [0, 0.1) is 0 Å². The van der Waals surface area contributed by atoms with E-state index in [1.807, 2.05) is 42.3 Å². The molecule has 1 aromatic heterocycles. The molecule has 8 heteroatoms. The number of carbonyl (C=O) groups is 2. The normalized spacial score (nSPS) is 14.0. The number of amides is 2. The predicted molar refractivity (Wildman–Crippen MR) is 101 cm³/mol. The van der Waals surface area contributed by atoms with Crippen LogP contribution in [0.5, 0.6) is 0 Å². The number of hydrogen-bond donors (Lipinski definition) is 0. The van der Waals surface area contributed by atoms with E-state index < -0.39 is 0 Å². The zero-order chi connectivity index (χ0) is 19.2. The maximum absolute atomic E-state index is 12.6. The number of rotatable bonds is 4. The second kappa shape index (κ2) is 8.48. The van der Waals surface area contributed by atoms with Crippen molar-refractivity contribution in [2.24, 2.45) is 0 Å². The zero-order valence-electron chi connectivity index (χ0n) is 15.5. The Labute approximate surface area is 158 Å². The molecule has 0 saturated carbocycles. The summed E-state index contributed by atoms with van der Waals surface area (Å²) in [6.07, 6.45) is 2.75. The number of anilines is 2. The third-order valence-corrected chi connectivity index (χ3v) is 4.44. The van der Waals surface area contributed by atoms with Crippen LogP contribution in [0.1, 0.15) is 17.4 Å². The van der Waals surface area contributed by atoms with Gasteiger partial charge in [0.25, 0.3) is 5.91 Å².